The van der Waals surface area contributed by atoms with Crippen LogP contribution in [0, 0.1) is 5.92 Å². The molecule has 1 aromatic heterocycles. The number of sulfonamides is 1. The first kappa shape index (κ1) is 19.0. The lowest BCUT2D eigenvalue weighted by Gasteiger charge is -2.14. The van der Waals surface area contributed by atoms with E-state index in [2.05, 4.69) is 18.8 Å². The fourth-order valence-electron chi connectivity index (χ4n) is 2.27. The van der Waals surface area contributed by atoms with Gasteiger partial charge < -0.3 is 0 Å². The molecule has 0 saturated carbocycles. The summed E-state index contributed by atoms with van der Waals surface area (Å²) in [6.07, 6.45) is 1.31. The minimum Gasteiger partial charge on any atom is -0.287 e. The molecular formula is C16H23N3O3S2. The quantitative estimate of drug-likeness (QED) is 0.437. The fraction of sp³-hybridized carbons (Fsp3) is 0.500. The number of benzene rings is 1. The highest BCUT2D eigenvalue weighted by atomic mass is 32.2. The van der Waals surface area contributed by atoms with Gasteiger partial charge in [-0.05, 0) is 30.9 Å². The van der Waals surface area contributed by atoms with Crippen LogP contribution in [0.3, 0.4) is 0 Å². The van der Waals surface area contributed by atoms with Crippen LogP contribution in [0.15, 0.2) is 34.2 Å². The van der Waals surface area contributed by atoms with Gasteiger partial charge in [0.25, 0.3) is 5.56 Å². The van der Waals surface area contributed by atoms with Crippen molar-refractivity contribution in [2.75, 3.05) is 11.5 Å². The molecule has 24 heavy (non-hydrogen) atoms. The molecule has 0 atom stereocenters. The maximum absolute atomic E-state index is 12.7. The number of hydrogen-bond acceptors (Lipinski definition) is 5. The van der Waals surface area contributed by atoms with E-state index in [-0.39, 0.29) is 11.3 Å². The van der Waals surface area contributed by atoms with Crippen molar-refractivity contribution >= 4 is 32.7 Å². The van der Waals surface area contributed by atoms with Crippen LogP contribution >= 0.6 is 11.8 Å². The molecular weight excluding hydrogens is 346 g/mol. The predicted molar refractivity (Wildman–Crippen MR) is 98.8 cm³/mol. The Bertz CT molecular complexity index is 860. The summed E-state index contributed by atoms with van der Waals surface area (Å²) in [6, 6.07) is 7.28. The second kappa shape index (κ2) is 8.13. The van der Waals surface area contributed by atoms with Crippen LogP contribution in [0.2, 0.25) is 0 Å². The molecule has 6 nitrogen and oxygen atoms in total. The minimum absolute atomic E-state index is 0.0461. The summed E-state index contributed by atoms with van der Waals surface area (Å²) < 4.78 is 23.7. The number of rotatable bonds is 8. The monoisotopic (exact) mass is 369 g/mol. The van der Waals surface area contributed by atoms with E-state index in [1.165, 1.54) is 11.8 Å². The summed E-state index contributed by atoms with van der Waals surface area (Å²) in [5, 5.41) is 6.26. The lowest BCUT2D eigenvalue weighted by atomic mass is 10.1. The van der Waals surface area contributed by atoms with E-state index in [0.717, 1.165) is 6.42 Å². The van der Waals surface area contributed by atoms with Crippen molar-refractivity contribution in [1.29, 1.82) is 0 Å². The molecule has 0 aliphatic carbocycles. The zero-order chi connectivity index (χ0) is 17.7. The molecule has 0 fully saturated rings. The summed E-state index contributed by atoms with van der Waals surface area (Å²) in [4.78, 5) is 17.3. The average molecular weight is 370 g/mol. The molecule has 0 aliphatic rings. The number of nitrogens with zero attached hydrogens (tertiary/aromatic N) is 2. The molecule has 0 unspecified atom stereocenters. The number of aromatic nitrogens is 2. The van der Waals surface area contributed by atoms with Gasteiger partial charge in [-0.25, -0.2) is 18.5 Å². The van der Waals surface area contributed by atoms with Gasteiger partial charge in [0, 0.05) is 12.3 Å². The molecule has 0 spiro atoms. The highest BCUT2D eigenvalue weighted by molar-refractivity contribution is 7.99. The van der Waals surface area contributed by atoms with Crippen LogP contribution in [-0.4, -0.2) is 29.5 Å². The van der Waals surface area contributed by atoms with Crippen molar-refractivity contribution in [3.63, 3.8) is 0 Å². The van der Waals surface area contributed by atoms with Gasteiger partial charge in [-0.1, -0.05) is 37.7 Å². The van der Waals surface area contributed by atoms with Crippen LogP contribution in [0.5, 0.6) is 0 Å². The number of para-hydroxylation sites is 1. The third-order valence-corrected chi connectivity index (χ3v) is 5.48. The molecule has 0 bridgehead atoms. The summed E-state index contributed by atoms with van der Waals surface area (Å²) in [5.41, 5.74) is 0.618. The molecule has 0 radical (unpaired) electrons. The first-order valence-electron chi connectivity index (χ1n) is 7.91. The predicted octanol–water partition coefficient (Wildman–Crippen LogP) is 2.21. The first-order valence-corrected chi connectivity index (χ1v) is 10.6. The highest BCUT2D eigenvalue weighted by Gasteiger charge is 2.12. The lowest BCUT2D eigenvalue weighted by molar-refractivity contribution is 0.481. The van der Waals surface area contributed by atoms with Crippen molar-refractivity contribution < 1.29 is 8.42 Å². The van der Waals surface area contributed by atoms with Crippen molar-refractivity contribution in [1.82, 2.24) is 9.55 Å². The Morgan fingerprint density at radius 1 is 1.29 bits per heavy atom. The van der Waals surface area contributed by atoms with Crippen molar-refractivity contribution in [2.45, 2.75) is 38.4 Å². The van der Waals surface area contributed by atoms with Gasteiger partial charge in [0.15, 0.2) is 5.16 Å². The summed E-state index contributed by atoms with van der Waals surface area (Å²) in [5.74, 6) is 0.954. The second-order valence-corrected chi connectivity index (χ2v) is 8.92. The first-order chi connectivity index (χ1) is 11.3. The van der Waals surface area contributed by atoms with Gasteiger partial charge in [-0.2, -0.15) is 0 Å². The Morgan fingerprint density at radius 2 is 2.00 bits per heavy atom. The smallest absolute Gasteiger partial charge is 0.262 e. The van der Waals surface area contributed by atoms with Gasteiger partial charge in [-0.15, -0.1) is 0 Å². The van der Waals surface area contributed by atoms with E-state index in [1.54, 1.807) is 10.6 Å². The van der Waals surface area contributed by atoms with Crippen LogP contribution in [0.1, 0.15) is 26.7 Å². The van der Waals surface area contributed by atoms with Crippen LogP contribution in [-0.2, 0) is 16.6 Å². The molecule has 1 aromatic carbocycles. The van der Waals surface area contributed by atoms with Gasteiger partial charge in [0.1, 0.15) is 0 Å². The molecule has 2 aromatic rings. The number of nitrogens with two attached hydrogens (primary N) is 1. The van der Waals surface area contributed by atoms with Gasteiger partial charge in [0.05, 0.1) is 16.7 Å². The second-order valence-electron chi connectivity index (χ2n) is 6.12. The topological polar surface area (TPSA) is 95.1 Å². The van der Waals surface area contributed by atoms with Gasteiger partial charge in [0.2, 0.25) is 10.0 Å². The van der Waals surface area contributed by atoms with E-state index in [1.807, 2.05) is 18.2 Å². The minimum atomic E-state index is -3.46. The normalized spacial score (nSPS) is 12.2. The van der Waals surface area contributed by atoms with E-state index >= 15 is 0 Å². The summed E-state index contributed by atoms with van der Waals surface area (Å²) >= 11 is 1.40. The van der Waals surface area contributed by atoms with E-state index in [4.69, 9.17) is 5.14 Å². The Kier molecular flexibility index (Phi) is 6.42. The number of primary sulfonamides is 1. The number of hydrogen-bond donors (Lipinski definition) is 1. The molecule has 0 aliphatic heterocycles. The van der Waals surface area contributed by atoms with Gasteiger partial charge in [-0.3, -0.25) is 9.36 Å². The molecule has 1 heterocycles. The van der Waals surface area contributed by atoms with Crippen LogP contribution in [0.4, 0.5) is 0 Å². The SMILES string of the molecule is CC(C)CCn1c(SCCCS(N)(=O)=O)nc2ccccc2c1=O. The van der Waals surface area contributed by atoms with E-state index in [9.17, 15) is 13.2 Å². The largest absolute Gasteiger partial charge is 0.287 e. The molecule has 2 N–H and O–H groups in total. The van der Waals surface area contributed by atoms with Crippen molar-refractivity contribution in [3.8, 4) is 0 Å². The van der Waals surface area contributed by atoms with Gasteiger partial charge >= 0.3 is 0 Å². The number of fused-ring (bicyclic) bond motifs is 1. The standard InChI is InChI=1S/C16H23N3O3S2/c1-12(2)8-9-19-15(20)13-6-3-4-7-14(13)18-16(19)23-10-5-11-24(17,21)22/h3-4,6-7,12H,5,8-11H2,1-2H3,(H2,17,21,22). The van der Waals surface area contributed by atoms with Crippen molar-refractivity contribution in [3.05, 3.63) is 34.6 Å². The van der Waals surface area contributed by atoms with Crippen LogP contribution < -0.4 is 10.7 Å². The van der Waals surface area contributed by atoms with Crippen LogP contribution in [0.25, 0.3) is 10.9 Å². The molecule has 2 rings (SSSR count). The van der Waals surface area contributed by atoms with E-state index < -0.39 is 10.0 Å². The zero-order valence-electron chi connectivity index (χ0n) is 13.9. The molecule has 8 heteroatoms. The maximum atomic E-state index is 12.7. The fourth-order valence-corrected chi connectivity index (χ4v) is 3.96. The molecule has 132 valence electrons. The third-order valence-electron chi connectivity index (χ3n) is 3.56. The Hall–Kier alpha value is -1.38. The maximum Gasteiger partial charge on any atom is 0.262 e. The Labute approximate surface area is 146 Å². The van der Waals surface area contributed by atoms with Crippen molar-refractivity contribution in [2.24, 2.45) is 11.1 Å². The average Bonchev–Trinajstić information content (AvgIpc) is 2.50. The van der Waals surface area contributed by atoms with E-state index in [0.29, 0.717) is 40.7 Å². The molecule has 0 amide bonds. The Morgan fingerprint density at radius 3 is 2.67 bits per heavy atom. The highest BCUT2D eigenvalue weighted by Crippen LogP contribution is 2.19. The lowest BCUT2D eigenvalue weighted by Crippen LogP contribution is -2.24. The zero-order valence-corrected chi connectivity index (χ0v) is 15.6. The third kappa shape index (κ3) is 5.32. The Balaban J connectivity index is 2.28. The number of thioether (sulfide) groups is 1. The summed E-state index contributed by atoms with van der Waals surface area (Å²) in [6.45, 7) is 4.82. The summed E-state index contributed by atoms with van der Waals surface area (Å²) in [7, 11) is -3.46. The molecule has 0 saturated heterocycles.